The van der Waals surface area contributed by atoms with Gasteiger partial charge in [0.15, 0.2) is 11.5 Å². The van der Waals surface area contributed by atoms with Gasteiger partial charge in [-0.05, 0) is 68.5 Å². The molecule has 2 unspecified atom stereocenters. The van der Waals surface area contributed by atoms with Crippen LogP contribution in [0.2, 0.25) is 0 Å². The summed E-state index contributed by atoms with van der Waals surface area (Å²) in [5.74, 6) is 2.28. The molecule has 0 bridgehead atoms. The molecule has 0 N–H and O–H groups in total. The summed E-state index contributed by atoms with van der Waals surface area (Å²) >= 11 is 3.47. The van der Waals surface area contributed by atoms with Crippen molar-refractivity contribution in [2.45, 2.75) is 37.8 Å². The Morgan fingerprint density at radius 3 is 2.61 bits per heavy atom. The van der Waals surface area contributed by atoms with Crippen molar-refractivity contribution in [3.05, 3.63) is 58.6 Å². The first-order valence-electron chi connectivity index (χ1n) is 11.9. The number of benzene rings is 2. The predicted octanol–water partition coefficient (Wildman–Crippen LogP) is 4.75. The number of fused-ring (bicyclic) bond motifs is 1. The highest BCUT2D eigenvalue weighted by molar-refractivity contribution is 9.10. The van der Waals surface area contributed by atoms with Crippen molar-refractivity contribution in [1.82, 2.24) is 9.80 Å². The molecule has 0 spiro atoms. The van der Waals surface area contributed by atoms with Crippen LogP contribution in [0.5, 0.6) is 11.5 Å². The third-order valence-corrected chi connectivity index (χ3v) is 7.45. The van der Waals surface area contributed by atoms with E-state index in [0.717, 1.165) is 67.8 Å². The highest BCUT2D eigenvalue weighted by atomic mass is 79.9. The van der Waals surface area contributed by atoms with Crippen LogP contribution in [0.1, 0.15) is 24.8 Å². The summed E-state index contributed by atoms with van der Waals surface area (Å²) in [6.07, 6.45) is 4.12. The molecule has 0 aromatic heterocycles. The van der Waals surface area contributed by atoms with Gasteiger partial charge in [0, 0.05) is 17.6 Å². The summed E-state index contributed by atoms with van der Waals surface area (Å²) in [5, 5.41) is 0. The van der Waals surface area contributed by atoms with E-state index >= 15 is 0 Å². The molecule has 2 aromatic carbocycles. The average Bonchev–Trinajstić information content (AvgIpc) is 3.18. The first-order chi connectivity index (χ1) is 16.1. The van der Waals surface area contributed by atoms with Gasteiger partial charge >= 0.3 is 6.09 Å². The Labute approximate surface area is 203 Å². The Hall–Kier alpha value is -2.25. The number of carbonyl (C=O) groups is 1. The van der Waals surface area contributed by atoms with Crippen LogP contribution in [0.4, 0.5) is 4.79 Å². The minimum atomic E-state index is -0.157. The number of cyclic esters (lactones) is 1. The predicted molar refractivity (Wildman–Crippen MR) is 130 cm³/mol. The molecular formula is C26H31BrN2O4. The quantitative estimate of drug-likeness (QED) is 0.533. The molecule has 5 rings (SSSR count). The summed E-state index contributed by atoms with van der Waals surface area (Å²) < 4.78 is 18.4. The molecule has 33 heavy (non-hydrogen) atoms. The van der Waals surface area contributed by atoms with Crippen LogP contribution < -0.4 is 9.47 Å². The molecule has 2 atom stereocenters. The second-order valence-corrected chi connectivity index (χ2v) is 10.2. The third-order valence-electron chi connectivity index (χ3n) is 6.96. The fourth-order valence-corrected chi connectivity index (χ4v) is 5.40. The number of piperidine rings is 1. The Kier molecular flexibility index (Phi) is 7.07. The second kappa shape index (κ2) is 10.3. The Morgan fingerprint density at radius 2 is 1.79 bits per heavy atom. The third kappa shape index (κ3) is 5.64. The van der Waals surface area contributed by atoms with E-state index in [1.807, 2.05) is 41.3 Å². The number of hydrogen-bond donors (Lipinski definition) is 0. The number of hydrogen-bond acceptors (Lipinski definition) is 5. The summed E-state index contributed by atoms with van der Waals surface area (Å²) in [4.78, 5) is 16.7. The first kappa shape index (κ1) is 22.5. The number of rotatable bonds is 7. The summed E-state index contributed by atoms with van der Waals surface area (Å²) in [7, 11) is 0. The molecule has 1 amide bonds. The molecule has 3 aliphatic heterocycles. The van der Waals surface area contributed by atoms with Gasteiger partial charge < -0.3 is 19.1 Å². The molecule has 176 valence electrons. The van der Waals surface area contributed by atoms with E-state index in [1.165, 1.54) is 5.56 Å². The first-order valence-corrected chi connectivity index (χ1v) is 12.7. The zero-order chi connectivity index (χ0) is 22.6. The number of ether oxygens (including phenoxy) is 3. The highest BCUT2D eigenvalue weighted by Gasteiger charge is 2.33. The van der Waals surface area contributed by atoms with Crippen molar-refractivity contribution in [2.24, 2.45) is 5.92 Å². The van der Waals surface area contributed by atoms with Gasteiger partial charge in [0.1, 0.15) is 19.3 Å². The van der Waals surface area contributed by atoms with E-state index in [9.17, 15) is 4.79 Å². The average molecular weight is 515 g/mol. The minimum absolute atomic E-state index is 0.0633. The SMILES string of the molecule is O=C1OCC(Cc2ccccc2)N1CCC1CCN(CC2COc3cc(Br)ccc3O2)CC1. The molecule has 6 nitrogen and oxygen atoms in total. The smallest absolute Gasteiger partial charge is 0.410 e. The summed E-state index contributed by atoms with van der Waals surface area (Å²) in [6.45, 7) is 4.89. The van der Waals surface area contributed by atoms with Crippen molar-refractivity contribution in [1.29, 1.82) is 0 Å². The molecule has 7 heteroatoms. The van der Waals surface area contributed by atoms with Gasteiger partial charge in [0.2, 0.25) is 0 Å². The standard InChI is InChI=1S/C26H31BrN2O4/c27-21-6-7-24-25(15-21)31-18-23(33-24)16-28-11-8-19(9-12-28)10-13-29-22(17-32-26(29)30)14-20-4-2-1-3-5-20/h1-7,15,19,22-23H,8-14,16-18H2. The van der Waals surface area contributed by atoms with Gasteiger partial charge in [-0.3, -0.25) is 4.90 Å². The van der Waals surface area contributed by atoms with E-state index in [1.54, 1.807) is 0 Å². The van der Waals surface area contributed by atoms with Gasteiger partial charge in [-0.15, -0.1) is 0 Å². The van der Waals surface area contributed by atoms with E-state index in [2.05, 4.69) is 33.0 Å². The van der Waals surface area contributed by atoms with Crippen molar-refractivity contribution >= 4 is 22.0 Å². The lowest BCUT2D eigenvalue weighted by molar-refractivity contribution is 0.0465. The van der Waals surface area contributed by atoms with E-state index < -0.39 is 0 Å². The molecule has 2 fully saturated rings. The van der Waals surface area contributed by atoms with E-state index in [0.29, 0.717) is 19.1 Å². The van der Waals surface area contributed by atoms with Crippen LogP contribution in [0.15, 0.2) is 53.0 Å². The van der Waals surface area contributed by atoms with Gasteiger partial charge in [-0.2, -0.15) is 0 Å². The maximum Gasteiger partial charge on any atom is 0.410 e. The summed E-state index contributed by atoms with van der Waals surface area (Å²) in [6, 6.07) is 16.4. The summed E-state index contributed by atoms with van der Waals surface area (Å²) in [5.41, 5.74) is 1.25. The van der Waals surface area contributed by atoms with Gasteiger partial charge in [0.25, 0.3) is 0 Å². The van der Waals surface area contributed by atoms with Crippen LogP contribution in [-0.4, -0.2) is 67.4 Å². The second-order valence-electron chi connectivity index (χ2n) is 9.29. The fraction of sp³-hybridized carbons (Fsp3) is 0.500. The fourth-order valence-electron chi connectivity index (χ4n) is 5.06. The lowest BCUT2D eigenvalue weighted by Crippen LogP contribution is -2.44. The minimum Gasteiger partial charge on any atom is -0.486 e. The van der Waals surface area contributed by atoms with Gasteiger partial charge in [-0.1, -0.05) is 46.3 Å². The number of nitrogens with zero attached hydrogens (tertiary/aromatic N) is 2. The molecule has 0 aliphatic carbocycles. The monoisotopic (exact) mass is 514 g/mol. The number of amides is 1. The van der Waals surface area contributed by atoms with Crippen molar-refractivity contribution < 1.29 is 19.0 Å². The zero-order valence-electron chi connectivity index (χ0n) is 18.8. The Balaban J connectivity index is 1.06. The molecule has 0 saturated carbocycles. The Morgan fingerprint density at radius 1 is 0.970 bits per heavy atom. The zero-order valence-corrected chi connectivity index (χ0v) is 20.4. The van der Waals surface area contributed by atoms with Crippen molar-refractivity contribution in [3.63, 3.8) is 0 Å². The largest absolute Gasteiger partial charge is 0.486 e. The Bertz CT molecular complexity index is 949. The molecule has 3 aliphatic rings. The highest BCUT2D eigenvalue weighted by Crippen LogP contribution is 2.34. The van der Waals surface area contributed by atoms with Crippen LogP contribution in [0, 0.1) is 5.92 Å². The molecule has 2 aromatic rings. The lowest BCUT2D eigenvalue weighted by atomic mass is 9.93. The normalized spacial score (nSPS) is 23.5. The van der Waals surface area contributed by atoms with E-state index in [-0.39, 0.29) is 18.2 Å². The number of likely N-dealkylation sites (tertiary alicyclic amines) is 1. The van der Waals surface area contributed by atoms with Crippen molar-refractivity contribution in [3.8, 4) is 11.5 Å². The van der Waals surface area contributed by atoms with Crippen LogP contribution in [-0.2, 0) is 11.2 Å². The molecular weight excluding hydrogens is 484 g/mol. The number of carbonyl (C=O) groups excluding carboxylic acids is 1. The van der Waals surface area contributed by atoms with Crippen LogP contribution in [0.3, 0.4) is 0 Å². The maximum absolute atomic E-state index is 12.3. The molecule has 3 heterocycles. The van der Waals surface area contributed by atoms with E-state index in [4.69, 9.17) is 14.2 Å². The van der Waals surface area contributed by atoms with Crippen LogP contribution >= 0.6 is 15.9 Å². The molecule has 0 radical (unpaired) electrons. The topological polar surface area (TPSA) is 51.2 Å². The number of halogens is 1. The maximum atomic E-state index is 12.3. The van der Waals surface area contributed by atoms with Gasteiger partial charge in [0.05, 0.1) is 6.04 Å². The van der Waals surface area contributed by atoms with Gasteiger partial charge in [-0.25, -0.2) is 4.79 Å². The molecule has 2 saturated heterocycles. The lowest BCUT2D eigenvalue weighted by Gasteiger charge is -2.36. The van der Waals surface area contributed by atoms with Crippen LogP contribution in [0.25, 0.3) is 0 Å². The van der Waals surface area contributed by atoms with Crippen molar-refractivity contribution in [2.75, 3.05) is 39.4 Å².